The van der Waals surface area contributed by atoms with E-state index in [0.29, 0.717) is 35.2 Å². The Labute approximate surface area is 191 Å². The SMILES string of the molecule is C[C@@H]1CN(c2cc(F)cc(-c3cnn4ccc(Cl)cc34)n2)C[C@H](C)N1C(=O)OC(C)(C)C. The molecule has 0 aromatic carbocycles. The van der Waals surface area contributed by atoms with Gasteiger partial charge in [0.2, 0.25) is 0 Å². The number of fused-ring (bicyclic) bond motifs is 1. The third kappa shape index (κ3) is 4.50. The first kappa shape index (κ1) is 22.3. The zero-order chi connectivity index (χ0) is 23.2. The predicted octanol–water partition coefficient (Wildman–Crippen LogP) is 5.02. The smallest absolute Gasteiger partial charge is 0.410 e. The monoisotopic (exact) mass is 459 g/mol. The van der Waals surface area contributed by atoms with E-state index < -0.39 is 5.60 Å². The Hall–Kier alpha value is -2.87. The Morgan fingerprint density at radius 2 is 1.88 bits per heavy atom. The molecular weight excluding hydrogens is 433 g/mol. The summed E-state index contributed by atoms with van der Waals surface area (Å²) in [4.78, 5) is 21.2. The lowest BCUT2D eigenvalue weighted by Gasteiger charge is -2.44. The summed E-state index contributed by atoms with van der Waals surface area (Å²) >= 11 is 6.14. The second-order valence-corrected chi connectivity index (χ2v) is 9.69. The molecule has 32 heavy (non-hydrogen) atoms. The lowest BCUT2D eigenvalue weighted by Crippen LogP contribution is -2.59. The van der Waals surface area contributed by atoms with Crippen LogP contribution < -0.4 is 4.90 Å². The maximum absolute atomic E-state index is 14.6. The Morgan fingerprint density at radius 3 is 2.53 bits per heavy atom. The van der Waals surface area contributed by atoms with Gasteiger partial charge in [0.15, 0.2) is 0 Å². The van der Waals surface area contributed by atoms with Crippen LogP contribution in [0.25, 0.3) is 16.8 Å². The van der Waals surface area contributed by atoms with Gasteiger partial charge in [-0.3, -0.25) is 4.90 Å². The molecule has 3 aromatic rings. The molecule has 4 heterocycles. The van der Waals surface area contributed by atoms with Crippen molar-refractivity contribution in [2.24, 2.45) is 0 Å². The standard InChI is InChI=1S/C23H27ClFN5O2/c1-14-12-28(13-15(2)30(14)22(31)32-23(3,4)5)21-10-17(25)9-19(27-21)18-11-26-29-7-6-16(24)8-20(18)29/h6-11,14-15H,12-13H2,1-5H3/t14-,15+. The zero-order valence-electron chi connectivity index (χ0n) is 18.8. The minimum atomic E-state index is -0.566. The maximum atomic E-state index is 14.6. The summed E-state index contributed by atoms with van der Waals surface area (Å²) in [6, 6.07) is 6.08. The molecule has 0 unspecified atom stereocenters. The first-order valence-corrected chi connectivity index (χ1v) is 11.0. The van der Waals surface area contributed by atoms with Crippen LogP contribution >= 0.6 is 11.6 Å². The van der Waals surface area contributed by atoms with Crippen molar-refractivity contribution >= 4 is 29.0 Å². The van der Waals surface area contributed by atoms with Gasteiger partial charge < -0.3 is 9.64 Å². The fraction of sp³-hybridized carbons (Fsp3) is 0.435. The van der Waals surface area contributed by atoms with Gasteiger partial charge in [0.25, 0.3) is 0 Å². The number of hydrogen-bond acceptors (Lipinski definition) is 5. The minimum absolute atomic E-state index is 0.127. The van der Waals surface area contributed by atoms with E-state index in [1.54, 1.807) is 33.9 Å². The van der Waals surface area contributed by atoms with Gasteiger partial charge in [0, 0.05) is 42.0 Å². The van der Waals surface area contributed by atoms with Crippen molar-refractivity contribution in [3.63, 3.8) is 0 Å². The van der Waals surface area contributed by atoms with E-state index in [1.807, 2.05) is 39.5 Å². The topological polar surface area (TPSA) is 63.0 Å². The summed E-state index contributed by atoms with van der Waals surface area (Å²) in [5, 5.41) is 4.88. The summed E-state index contributed by atoms with van der Waals surface area (Å²) in [5.41, 5.74) is 1.36. The van der Waals surface area contributed by atoms with Crippen LogP contribution in [0.1, 0.15) is 34.6 Å². The molecule has 1 fully saturated rings. The molecule has 0 saturated carbocycles. The molecular formula is C23H27ClFN5O2. The Bertz CT molecular complexity index is 1150. The number of halogens is 2. The number of hydrogen-bond donors (Lipinski definition) is 0. The van der Waals surface area contributed by atoms with Crippen LogP contribution in [0.4, 0.5) is 15.0 Å². The van der Waals surface area contributed by atoms with Gasteiger partial charge in [-0.15, -0.1) is 0 Å². The lowest BCUT2D eigenvalue weighted by atomic mass is 10.1. The number of carbonyl (C=O) groups excluding carboxylic acids is 1. The van der Waals surface area contributed by atoms with Crippen LogP contribution in [-0.4, -0.2) is 56.4 Å². The average molecular weight is 460 g/mol. The Morgan fingerprint density at radius 1 is 1.19 bits per heavy atom. The van der Waals surface area contributed by atoms with E-state index in [4.69, 9.17) is 21.3 Å². The van der Waals surface area contributed by atoms with Gasteiger partial charge in [0.1, 0.15) is 17.2 Å². The predicted molar refractivity (Wildman–Crippen MR) is 123 cm³/mol. The molecule has 1 amide bonds. The second-order valence-electron chi connectivity index (χ2n) is 9.25. The van der Waals surface area contributed by atoms with E-state index in [0.717, 1.165) is 5.52 Å². The van der Waals surface area contributed by atoms with Gasteiger partial charge in [-0.25, -0.2) is 18.7 Å². The van der Waals surface area contributed by atoms with Crippen molar-refractivity contribution in [3.8, 4) is 11.3 Å². The second kappa shape index (κ2) is 8.24. The molecule has 0 bridgehead atoms. The summed E-state index contributed by atoms with van der Waals surface area (Å²) in [6.45, 7) is 10.5. The van der Waals surface area contributed by atoms with Gasteiger partial charge in [-0.1, -0.05) is 11.6 Å². The summed E-state index contributed by atoms with van der Waals surface area (Å²) in [7, 11) is 0. The molecule has 0 N–H and O–H groups in total. The van der Waals surface area contributed by atoms with Crippen LogP contribution in [0.15, 0.2) is 36.7 Å². The Balaban J connectivity index is 1.62. The number of pyridine rings is 2. The average Bonchev–Trinajstić information content (AvgIpc) is 3.08. The van der Waals surface area contributed by atoms with Crippen LogP contribution in [0.3, 0.4) is 0 Å². The van der Waals surface area contributed by atoms with Crippen molar-refractivity contribution in [1.29, 1.82) is 0 Å². The largest absolute Gasteiger partial charge is 0.444 e. The highest BCUT2D eigenvalue weighted by Gasteiger charge is 2.36. The van der Waals surface area contributed by atoms with E-state index >= 15 is 0 Å². The van der Waals surface area contributed by atoms with Crippen molar-refractivity contribution in [2.45, 2.75) is 52.3 Å². The fourth-order valence-electron chi connectivity index (χ4n) is 4.12. The molecule has 9 heteroatoms. The van der Waals surface area contributed by atoms with Crippen LogP contribution in [-0.2, 0) is 4.74 Å². The summed E-state index contributed by atoms with van der Waals surface area (Å²) < 4.78 is 21.9. The highest BCUT2D eigenvalue weighted by molar-refractivity contribution is 6.31. The molecule has 0 aliphatic carbocycles. The highest BCUT2D eigenvalue weighted by atomic mass is 35.5. The number of nitrogens with zero attached hydrogens (tertiary/aromatic N) is 5. The molecule has 1 aliphatic heterocycles. The zero-order valence-corrected chi connectivity index (χ0v) is 19.6. The van der Waals surface area contributed by atoms with Crippen molar-refractivity contribution < 1.29 is 13.9 Å². The molecule has 7 nitrogen and oxygen atoms in total. The molecule has 0 radical (unpaired) electrons. The lowest BCUT2D eigenvalue weighted by molar-refractivity contribution is 0.00560. The third-order valence-electron chi connectivity index (χ3n) is 5.38. The van der Waals surface area contributed by atoms with Crippen molar-refractivity contribution in [1.82, 2.24) is 19.5 Å². The molecule has 0 spiro atoms. The number of carbonyl (C=O) groups is 1. The Kier molecular flexibility index (Phi) is 5.75. The summed E-state index contributed by atoms with van der Waals surface area (Å²) in [5.74, 6) is 0.130. The van der Waals surface area contributed by atoms with Crippen molar-refractivity contribution in [2.75, 3.05) is 18.0 Å². The van der Waals surface area contributed by atoms with E-state index in [-0.39, 0.29) is 24.0 Å². The van der Waals surface area contributed by atoms with Crippen molar-refractivity contribution in [3.05, 3.63) is 47.5 Å². The highest BCUT2D eigenvalue weighted by Crippen LogP contribution is 2.29. The maximum Gasteiger partial charge on any atom is 0.410 e. The van der Waals surface area contributed by atoms with Gasteiger partial charge in [0.05, 0.1) is 29.5 Å². The molecule has 1 saturated heterocycles. The molecule has 4 rings (SSSR count). The normalized spacial score (nSPS) is 19.5. The number of ether oxygens (including phenoxy) is 1. The quantitative estimate of drug-likeness (QED) is 0.538. The van der Waals surface area contributed by atoms with Gasteiger partial charge in [-0.2, -0.15) is 5.10 Å². The third-order valence-corrected chi connectivity index (χ3v) is 5.62. The number of aromatic nitrogens is 3. The summed E-state index contributed by atoms with van der Waals surface area (Å²) in [6.07, 6.45) is 3.07. The van der Waals surface area contributed by atoms with Gasteiger partial charge >= 0.3 is 6.09 Å². The fourth-order valence-corrected chi connectivity index (χ4v) is 4.28. The minimum Gasteiger partial charge on any atom is -0.444 e. The molecule has 170 valence electrons. The van der Waals surface area contributed by atoms with Gasteiger partial charge in [-0.05, 0) is 46.8 Å². The number of amides is 1. The molecule has 2 atom stereocenters. The van der Waals surface area contributed by atoms with E-state index in [1.165, 1.54) is 12.1 Å². The molecule has 3 aromatic heterocycles. The first-order chi connectivity index (χ1) is 15.0. The number of piperazine rings is 1. The van der Waals surface area contributed by atoms with E-state index in [9.17, 15) is 9.18 Å². The van der Waals surface area contributed by atoms with Crippen LogP contribution in [0.5, 0.6) is 0 Å². The van der Waals surface area contributed by atoms with E-state index in [2.05, 4.69) is 5.10 Å². The molecule has 1 aliphatic rings. The first-order valence-electron chi connectivity index (χ1n) is 10.6. The number of anilines is 1. The van der Waals surface area contributed by atoms with Crippen LogP contribution in [0.2, 0.25) is 5.02 Å². The number of rotatable bonds is 2. The van der Waals surface area contributed by atoms with Crippen LogP contribution in [0, 0.1) is 5.82 Å².